The van der Waals surface area contributed by atoms with E-state index in [1.165, 1.54) is 0 Å². The lowest BCUT2D eigenvalue weighted by Gasteiger charge is -2.17. The predicted octanol–water partition coefficient (Wildman–Crippen LogP) is 1.99. The van der Waals surface area contributed by atoms with E-state index in [9.17, 15) is 0 Å². The molecular formula is C12H15NO2. The standard InChI is InChI=1S/C12H15NO2/c1-12(2,8-13)10-4-5-11(15-3)9(6-10)7-14/h4-6,14H,7H2,1-3H3. The van der Waals surface area contributed by atoms with Gasteiger partial charge in [0.05, 0.1) is 25.2 Å². The zero-order chi connectivity index (χ0) is 11.5. The van der Waals surface area contributed by atoms with Crippen molar-refractivity contribution >= 4 is 0 Å². The van der Waals surface area contributed by atoms with Gasteiger partial charge in [0.2, 0.25) is 0 Å². The van der Waals surface area contributed by atoms with Crippen molar-refractivity contribution in [2.75, 3.05) is 7.11 Å². The third-order valence-electron chi connectivity index (χ3n) is 2.45. The van der Waals surface area contributed by atoms with Crippen LogP contribution in [0, 0.1) is 11.3 Å². The van der Waals surface area contributed by atoms with Crippen LogP contribution in [0.4, 0.5) is 0 Å². The van der Waals surface area contributed by atoms with E-state index in [-0.39, 0.29) is 6.61 Å². The molecule has 1 aromatic carbocycles. The number of ether oxygens (including phenoxy) is 1. The normalized spacial score (nSPS) is 10.9. The summed E-state index contributed by atoms with van der Waals surface area (Å²) in [5.41, 5.74) is 1.05. The third kappa shape index (κ3) is 2.28. The Labute approximate surface area is 89.9 Å². The van der Waals surface area contributed by atoms with Crippen molar-refractivity contribution in [1.29, 1.82) is 5.26 Å². The van der Waals surface area contributed by atoms with Gasteiger partial charge < -0.3 is 9.84 Å². The molecule has 0 amide bonds. The number of hydrogen-bond donors (Lipinski definition) is 1. The maximum atomic E-state index is 9.15. The molecule has 0 aliphatic heterocycles. The largest absolute Gasteiger partial charge is 0.496 e. The zero-order valence-electron chi connectivity index (χ0n) is 9.24. The fourth-order valence-corrected chi connectivity index (χ4v) is 1.36. The van der Waals surface area contributed by atoms with Crippen molar-refractivity contribution in [1.82, 2.24) is 0 Å². The van der Waals surface area contributed by atoms with Crippen LogP contribution >= 0.6 is 0 Å². The summed E-state index contributed by atoms with van der Waals surface area (Å²) in [5.74, 6) is 0.648. The zero-order valence-corrected chi connectivity index (χ0v) is 9.24. The summed E-state index contributed by atoms with van der Waals surface area (Å²) < 4.78 is 5.09. The maximum Gasteiger partial charge on any atom is 0.124 e. The molecule has 0 saturated heterocycles. The summed E-state index contributed by atoms with van der Waals surface area (Å²) in [6, 6.07) is 7.66. The average Bonchev–Trinajstić information content (AvgIpc) is 2.28. The highest BCUT2D eigenvalue weighted by Crippen LogP contribution is 2.27. The number of benzene rings is 1. The monoisotopic (exact) mass is 205 g/mol. The number of aliphatic hydroxyl groups excluding tert-OH is 1. The topological polar surface area (TPSA) is 53.2 Å². The lowest BCUT2D eigenvalue weighted by Crippen LogP contribution is -2.14. The van der Waals surface area contributed by atoms with Gasteiger partial charge in [-0.15, -0.1) is 0 Å². The fourth-order valence-electron chi connectivity index (χ4n) is 1.36. The van der Waals surface area contributed by atoms with Crippen LogP contribution in [-0.4, -0.2) is 12.2 Å². The fraction of sp³-hybridized carbons (Fsp3) is 0.417. The summed E-state index contributed by atoms with van der Waals surface area (Å²) in [7, 11) is 1.56. The Morgan fingerprint density at radius 3 is 2.60 bits per heavy atom. The Bertz CT molecular complexity index is 391. The summed E-state index contributed by atoms with van der Waals surface area (Å²) in [6.07, 6.45) is 0. The molecular weight excluding hydrogens is 190 g/mol. The second-order valence-electron chi connectivity index (χ2n) is 3.92. The van der Waals surface area contributed by atoms with Crippen molar-refractivity contribution in [3.8, 4) is 11.8 Å². The van der Waals surface area contributed by atoms with Crippen LogP contribution in [0.3, 0.4) is 0 Å². The Kier molecular flexibility index (Phi) is 3.33. The molecule has 0 fully saturated rings. The van der Waals surface area contributed by atoms with Crippen molar-refractivity contribution in [2.24, 2.45) is 0 Å². The van der Waals surface area contributed by atoms with Crippen LogP contribution < -0.4 is 4.74 Å². The van der Waals surface area contributed by atoms with E-state index >= 15 is 0 Å². The molecule has 0 saturated carbocycles. The van der Waals surface area contributed by atoms with E-state index in [0.29, 0.717) is 11.3 Å². The number of nitrogens with zero attached hydrogens (tertiary/aromatic N) is 1. The number of aliphatic hydroxyl groups is 1. The third-order valence-corrected chi connectivity index (χ3v) is 2.45. The first-order valence-corrected chi connectivity index (χ1v) is 4.74. The first-order chi connectivity index (χ1) is 7.05. The highest BCUT2D eigenvalue weighted by atomic mass is 16.5. The first-order valence-electron chi connectivity index (χ1n) is 4.74. The average molecular weight is 205 g/mol. The minimum absolute atomic E-state index is 0.0848. The minimum atomic E-state index is -0.545. The van der Waals surface area contributed by atoms with E-state index in [1.54, 1.807) is 13.2 Å². The molecule has 1 rings (SSSR count). The molecule has 0 spiro atoms. The van der Waals surface area contributed by atoms with E-state index in [1.807, 2.05) is 26.0 Å². The van der Waals surface area contributed by atoms with Crippen molar-refractivity contribution in [3.05, 3.63) is 29.3 Å². The van der Waals surface area contributed by atoms with Gasteiger partial charge in [-0.2, -0.15) is 5.26 Å². The predicted molar refractivity (Wildman–Crippen MR) is 57.6 cm³/mol. The van der Waals surface area contributed by atoms with Crippen molar-refractivity contribution < 1.29 is 9.84 Å². The number of nitriles is 1. The van der Waals surface area contributed by atoms with Crippen LogP contribution in [0.2, 0.25) is 0 Å². The van der Waals surface area contributed by atoms with Gasteiger partial charge in [-0.3, -0.25) is 0 Å². The van der Waals surface area contributed by atoms with E-state index in [4.69, 9.17) is 15.1 Å². The Morgan fingerprint density at radius 1 is 1.47 bits per heavy atom. The van der Waals surface area contributed by atoms with Gasteiger partial charge in [-0.1, -0.05) is 6.07 Å². The quantitative estimate of drug-likeness (QED) is 0.821. The van der Waals surface area contributed by atoms with Gasteiger partial charge in [0, 0.05) is 5.56 Å². The van der Waals surface area contributed by atoms with Crippen LogP contribution in [-0.2, 0) is 12.0 Å². The molecule has 1 N–H and O–H groups in total. The lowest BCUT2D eigenvalue weighted by molar-refractivity contribution is 0.273. The molecule has 15 heavy (non-hydrogen) atoms. The summed E-state index contributed by atoms with van der Waals surface area (Å²) >= 11 is 0. The number of rotatable bonds is 3. The van der Waals surface area contributed by atoms with E-state index < -0.39 is 5.41 Å². The van der Waals surface area contributed by atoms with Gasteiger partial charge in [-0.25, -0.2) is 0 Å². The van der Waals surface area contributed by atoms with Crippen molar-refractivity contribution in [2.45, 2.75) is 25.9 Å². The second-order valence-corrected chi connectivity index (χ2v) is 3.92. The SMILES string of the molecule is COc1ccc(C(C)(C)C#N)cc1CO. The molecule has 0 aliphatic carbocycles. The molecule has 0 aromatic heterocycles. The molecule has 0 aliphatic rings. The Hall–Kier alpha value is -1.53. The molecule has 3 nitrogen and oxygen atoms in total. The molecule has 1 aromatic rings. The van der Waals surface area contributed by atoms with Gasteiger partial charge in [-0.05, 0) is 31.5 Å². The van der Waals surface area contributed by atoms with E-state index in [2.05, 4.69) is 6.07 Å². The molecule has 80 valence electrons. The second kappa shape index (κ2) is 4.33. The Balaban J connectivity index is 3.21. The van der Waals surface area contributed by atoms with Crippen LogP contribution in [0.5, 0.6) is 5.75 Å². The molecule has 0 atom stereocenters. The summed E-state index contributed by atoms with van der Waals surface area (Å²) in [4.78, 5) is 0. The number of methoxy groups -OCH3 is 1. The number of hydrogen-bond acceptors (Lipinski definition) is 3. The van der Waals surface area contributed by atoms with Crippen LogP contribution in [0.25, 0.3) is 0 Å². The smallest absolute Gasteiger partial charge is 0.124 e. The van der Waals surface area contributed by atoms with E-state index in [0.717, 1.165) is 5.56 Å². The lowest BCUT2D eigenvalue weighted by atomic mass is 9.85. The highest BCUT2D eigenvalue weighted by Gasteiger charge is 2.20. The van der Waals surface area contributed by atoms with Crippen LogP contribution in [0.15, 0.2) is 18.2 Å². The molecule has 0 heterocycles. The van der Waals surface area contributed by atoms with Gasteiger partial charge in [0.15, 0.2) is 0 Å². The summed E-state index contributed by atoms with van der Waals surface area (Å²) in [5, 5.41) is 18.1. The molecule has 0 unspecified atom stereocenters. The summed E-state index contributed by atoms with van der Waals surface area (Å²) in [6.45, 7) is 3.60. The van der Waals surface area contributed by atoms with Crippen LogP contribution in [0.1, 0.15) is 25.0 Å². The molecule has 0 bridgehead atoms. The maximum absolute atomic E-state index is 9.15. The van der Waals surface area contributed by atoms with Gasteiger partial charge >= 0.3 is 0 Å². The van der Waals surface area contributed by atoms with Crippen molar-refractivity contribution in [3.63, 3.8) is 0 Å². The minimum Gasteiger partial charge on any atom is -0.496 e. The Morgan fingerprint density at radius 2 is 2.13 bits per heavy atom. The van der Waals surface area contributed by atoms with Gasteiger partial charge in [0.1, 0.15) is 5.75 Å². The highest BCUT2D eigenvalue weighted by molar-refractivity contribution is 5.41. The molecule has 3 heteroatoms. The first kappa shape index (κ1) is 11.5. The molecule has 0 radical (unpaired) electrons. The van der Waals surface area contributed by atoms with Gasteiger partial charge in [0.25, 0.3) is 0 Å².